The van der Waals surface area contributed by atoms with Crippen LogP contribution >= 0.6 is 24.8 Å². The van der Waals surface area contributed by atoms with Crippen LogP contribution in [0.25, 0.3) is 0 Å². The van der Waals surface area contributed by atoms with Crippen molar-refractivity contribution in [3.63, 3.8) is 0 Å². The smallest absolute Gasteiger partial charge is 0.244 e. The minimum absolute atomic E-state index is 0. The monoisotopic (exact) mass is 387 g/mol. The maximum absolute atomic E-state index is 12.8. The number of benzene rings is 1. The average molecular weight is 388 g/mol. The second-order valence-corrected chi connectivity index (χ2v) is 5.76. The fourth-order valence-corrected chi connectivity index (χ4v) is 2.63. The lowest BCUT2D eigenvalue weighted by Gasteiger charge is -2.22. The molecule has 0 spiro atoms. The van der Waals surface area contributed by atoms with Crippen molar-refractivity contribution in [3.8, 4) is 11.6 Å². The van der Waals surface area contributed by atoms with Gasteiger partial charge in [-0.15, -0.1) is 24.8 Å². The third-order valence-electron chi connectivity index (χ3n) is 3.98. The third kappa shape index (κ3) is 5.29. The molecule has 1 saturated carbocycles. The van der Waals surface area contributed by atoms with Crippen LogP contribution in [0, 0.1) is 5.82 Å². The average Bonchev–Trinajstić information content (AvgIpc) is 3.00. The molecule has 0 radical (unpaired) electrons. The molecule has 1 aliphatic carbocycles. The van der Waals surface area contributed by atoms with Gasteiger partial charge >= 0.3 is 0 Å². The zero-order chi connectivity index (χ0) is 16.3. The summed E-state index contributed by atoms with van der Waals surface area (Å²) in [6.45, 7) is 0. The molecule has 0 bridgehead atoms. The van der Waals surface area contributed by atoms with Crippen LogP contribution in [-0.4, -0.2) is 16.4 Å². The third-order valence-corrected chi connectivity index (χ3v) is 3.98. The highest BCUT2D eigenvalue weighted by Crippen LogP contribution is 2.28. The van der Waals surface area contributed by atoms with Crippen LogP contribution in [0.5, 0.6) is 11.6 Å². The first-order valence-corrected chi connectivity index (χ1v) is 7.55. The summed E-state index contributed by atoms with van der Waals surface area (Å²) in [6.07, 6.45) is 4.88. The Kier molecular flexibility index (Phi) is 7.60. The predicted molar refractivity (Wildman–Crippen MR) is 99.2 cm³/mol. The summed E-state index contributed by atoms with van der Waals surface area (Å²) in [7, 11) is 0. The molecule has 0 unspecified atom stereocenters. The molecule has 0 atom stereocenters. The van der Waals surface area contributed by atoms with Gasteiger partial charge < -0.3 is 15.8 Å². The summed E-state index contributed by atoms with van der Waals surface area (Å²) >= 11 is 0. The van der Waals surface area contributed by atoms with E-state index in [1.54, 1.807) is 12.1 Å². The first-order valence-electron chi connectivity index (χ1n) is 7.55. The van der Waals surface area contributed by atoms with E-state index in [2.05, 4.69) is 10.3 Å². The number of ether oxygens (including phenoxy) is 1. The van der Waals surface area contributed by atoms with E-state index in [0.29, 0.717) is 30.2 Å². The van der Waals surface area contributed by atoms with Crippen molar-refractivity contribution in [3.05, 3.63) is 48.4 Å². The van der Waals surface area contributed by atoms with Crippen LogP contribution in [0.1, 0.15) is 25.7 Å². The van der Waals surface area contributed by atoms with Crippen molar-refractivity contribution in [1.29, 1.82) is 0 Å². The molecule has 1 aromatic carbocycles. The molecule has 3 N–H and O–H groups in total. The van der Waals surface area contributed by atoms with Gasteiger partial charge in [0.15, 0.2) is 0 Å². The largest absolute Gasteiger partial charge is 0.439 e. The number of hydrogen-bond acceptors (Lipinski definition) is 4. The molecule has 1 aliphatic rings. The number of anilines is 1. The molecule has 8 heteroatoms. The van der Waals surface area contributed by atoms with E-state index < -0.39 is 5.54 Å². The zero-order valence-electron chi connectivity index (χ0n) is 13.4. The van der Waals surface area contributed by atoms with Crippen LogP contribution in [0.4, 0.5) is 10.1 Å². The second kappa shape index (κ2) is 8.99. The molecule has 1 fully saturated rings. The Labute approximate surface area is 158 Å². The Morgan fingerprint density at radius 3 is 2.32 bits per heavy atom. The van der Waals surface area contributed by atoms with Gasteiger partial charge in [-0.1, -0.05) is 12.8 Å². The Morgan fingerprint density at radius 1 is 1.12 bits per heavy atom. The molecule has 0 aliphatic heterocycles. The van der Waals surface area contributed by atoms with Crippen molar-refractivity contribution < 1.29 is 13.9 Å². The normalized spacial score (nSPS) is 14.8. The highest BCUT2D eigenvalue weighted by atomic mass is 35.5. The van der Waals surface area contributed by atoms with Gasteiger partial charge in [0.2, 0.25) is 11.8 Å². The number of amides is 1. The van der Waals surface area contributed by atoms with Crippen LogP contribution in [-0.2, 0) is 4.79 Å². The summed E-state index contributed by atoms with van der Waals surface area (Å²) in [5.41, 5.74) is 5.90. The molecule has 3 rings (SSSR count). The molecular weight excluding hydrogens is 368 g/mol. The number of halogens is 3. The predicted octanol–water partition coefficient (Wildman–Crippen LogP) is 4.07. The number of nitrogens with one attached hydrogen (secondary N) is 1. The van der Waals surface area contributed by atoms with E-state index in [0.717, 1.165) is 12.8 Å². The number of carbonyl (C=O) groups excluding carboxylic acids is 1. The Morgan fingerprint density at radius 2 is 1.76 bits per heavy atom. The molecule has 1 aromatic heterocycles. The van der Waals surface area contributed by atoms with Gasteiger partial charge in [0, 0.05) is 6.07 Å². The topological polar surface area (TPSA) is 77.2 Å². The Bertz CT molecular complexity index is 690. The van der Waals surface area contributed by atoms with E-state index in [-0.39, 0.29) is 36.5 Å². The molecule has 1 amide bonds. The van der Waals surface area contributed by atoms with Gasteiger partial charge in [-0.25, -0.2) is 9.37 Å². The summed E-state index contributed by atoms with van der Waals surface area (Å²) < 4.78 is 18.3. The van der Waals surface area contributed by atoms with Gasteiger partial charge in [-0.05, 0) is 43.2 Å². The number of hydrogen-bond donors (Lipinski definition) is 2. The second-order valence-electron chi connectivity index (χ2n) is 5.76. The van der Waals surface area contributed by atoms with Crippen LogP contribution in [0.2, 0.25) is 0 Å². The minimum atomic E-state index is -0.775. The van der Waals surface area contributed by atoms with Crippen molar-refractivity contribution in [1.82, 2.24) is 4.98 Å². The molecule has 2 aromatic rings. The first-order chi connectivity index (χ1) is 11.0. The number of nitrogens with two attached hydrogens (primary N) is 1. The summed E-state index contributed by atoms with van der Waals surface area (Å²) in [5, 5.41) is 2.79. The SMILES string of the molecule is Cl.Cl.NC1(C(=O)Nc2ccc(Oc3ccc(F)cc3)nc2)CCCC1. The van der Waals surface area contributed by atoms with E-state index >= 15 is 0 Å². The Hall–Kier alpha value is -1.89. The number of pyridine rings is 1. The van der Waals surface area contributed by atoms with Gasteiger partial charge in [0.1, 0.15) is 11.6 Å². The van der Waals surface area contributed by atoms with Crippen molar-refractivity contribution in [2.45, 2.75) is 31.2 Å². The molecule has 5 nitrogen and oxygen atoms in total. The number of carbonyl (C=O) groups is 1. The van der Waals surface area contributed by atoms with Gasteiger partial charge in [0.25, 0.3) is 0 Å². The van der Waals surface area contributed by atoms with Crippen LogP contribution in [0.3, 0.4) is 0 Å². The number of aromatic nitrogens is 1. The number of nitrogens with zero attached hydrogens (tertiary/aromatic N) is 1. The van der Waals surface area contributed by atoms with E-state index in [1.807, 2.05) is 0 Å². The zero-order valence-corrected chi connectivity index (χ0v) is 15.0. The lowest BCUT2D eigenvalue weighted by molar-refractivity contribution is -0.121. The standard InChI is InChI=1S/C17H18FN3O2.2ClH/c18-12-3-6-14(7-4-12)23-15-8-5-13(11-20-15)21-16(22)17(19)9-1-2-10-17;;/h3-8,11H,1-2,9-10,19H2,(H,21,22);2*1H. The van der Waals surface area contributed by atoms with E-state index in [1.165, 1.54) is 30.5 Å². The molecule has 1 heterocycles. The maximum Gasteiger partial charge on any atom is 0.244 e. The maximum atomic E-state index is 12.8. The first kappa shape index (κ1) is 21.2. The molecule has 25 heavy (non-hydrogen) atoms. The van der Waals surface area contributed by atoms with Crippen molar-refractivity contribution in [2.75, 3.05) is 5.32 Å². The van der Waals surface area contributed by atoms with Crippen LogP contribution in [0.15, 0.2) is 42.6 Å². The molecule has 0 saturated heterocycles. The summed E-state index contributed by atoms with van der Waals surface area (Å²) in [6, 6.07) is 8.99. The molecule has 136 valence electrons. The lowest BCUT2D eigenvalue weighted by atomic mass is 9.98. The fourth-order valence-electron chi connectivity index (χ4n) is 2.63. The van der Waals surface area contributed by atoms with E-state index in [4.69, 9.17) is 10.5 Å². The van der Waals surface area contributed by atoms with Crippen LogP contribution < -0.4 is 15.8 Å². The number of rotatable bonds is 4. The highest BCUT2D eigenvalue weighted by Gasteiger charge is 2.36. The summed E-state index contributed by atoms with van der Waals surface area (Å²) in [4.78, 5) is 16.3. The van der Waals surface area contributed by atoms with E-state index in [9.17, 15) is 9.18 Å². The molecular formula is C17H20Cl2FN3O2. The quantitative estimate of drug-likeness (QED) is 0.828. The van der Waals surface area contributed by atoms with Gasteiger partial charge in [-0.3, -0.25) is 4.79 Å². The highest BCUT2D eigenvalue weighted by molar-refractivity contribution is 5.98. The minimum Gasteiger partial charge on any atom is -0.439 e. The van der Waals surface area contributed by atoms with Gasteiger partial charge in [-0.2, -0.15) is 0 Å². The van der Waals surface area contributed by atoms with Gasteiger partial charge in [0.05, 0.1) is 17.4 Å². The fraction of sp³-hybridized carbons (Fsp3) is 0.294. The van der Waals surface area contributed by atoms with Crippen molar-refractivity contribution in [2.24, 2.45) is 5.73 Å². The Balaban J connectivity index is 0.00000156. The summed E-state index contributed by atoms with van der Waals surface area (Å²) in [5.74, 6) is 0.343. The van der Waals surface area contributed by atoms with Crippen molar-refractivity contribution >= 4 is 36.4 Å². The lowest BCUT2D eigenvalue weighted by Crippen LogP contribution is -2.48.